The van der Waals surface area contributed by atoms with E-state index in [0.29, 0.717) is 33.8 Å². The molecule has 2 aromatic heterocycles. The van der Waals surface area contributed by atoms with Crippen molar-refractivity contribution in [2.75, 3.05) is 11.1 Å². The summed E-state index contributed by atoms with van der Waals surface area (Å²) >= 11 is 2.76. The lowest BCUT2D eigenvalue weighted by molar-refractivity contribution is -0.115. The minimum absolute atomic E-state index is 0.118. The molecular weight excluding hydrogens is 330 g/mol. The van der Waals surface area contributed by atoms with Gasteiger partial charge in [0, 0.05) is 17.9 Å². The first-order valence-corrected chi connectivity index (χ1v) is 8.93. The predicted molar refractivity (Wildman–Crippen MR) is 91.7 cm³/mol. The Balaban J connectivity index is 1.91. The lowest BCUT2D eigenvalue weighted by Crippen LogP contribution is -2.12. The highest BCUT2D eigenvalue weighted by molar-refractivity contribution is 7.99. The van der Waals surface area contributed by atoms with Crippen LogP contribution in [0.25, 0.3) is 0 Å². The first kappa shape index (κ1) is 17.4. The molecular formula is C15H17N5OS2. The number of hydrogen-bond donors (Lipinski definition) is 1. The lowest BCUT2D eigenvalue weighted by Gasteiger charge is -2.08. The molecule has 6 nitrogen and oxygen atoms in total. The normalized spacial score (nSPS) is 10.6. The molecule has 0 fully saturated rings. The molecule has 0 bridgehead atoms. The molecule has 0 unspecified atom stereocenters. The van der Waals surface area contributed by atoms with E-state index in [1.165, 1.54) is 23.1 Å². The van der Waals surface area contributed by atoms with Crippen LogP contribution in [0.15, 0.2) is 17.2 Å². The third-order valence-electron chi connectivity index (χ3n) is 2.93. The number of nitrogens with zero attached hydrogens (tertiary/aromatic N) is 4. The van der Waals surface area contributed by atoms with E-state index in [4.69, 9.17) is 5.26 Å². The summed E-state index contributed by atoms with van der Waals surface area (Å²) in [4.78, 5) is 16.4. The SMILES string of the molecule is Cc1nnc(NC(=O)CCSc2nc(C(C)C)ccc2C#N)s1. The Hall–Kier alpha value is -1.98. The van der Waals surface area contributed by atoms with Crippen molar-refractivity contribution in [2.45, 2.75) is 38.1 Å². The fraction of sp³-hybridized carbons (Fsp3) is 0.400. The maximum Gasteiger partial charge on any atom is 0.227 e. The van der Waals surface area contributed by atoms with Crippen LogP contribution in [0.5, 0.6) is 0 Å². The fourth-order valence-corrected chi connectivity index (χ4v) is 3.27. The standard InChI is InChI=1S/C15H17N5OS2/c1-9(2)12-5-4-11(8-16)14(17-12)22-7-6-13(21)18-15-20-19-10(3)23-15/h4-5,9H,6-7H2,1-3H3,(H,18,20,21). The molecule has 0 radical (unpaired) electrons. The molecule has 0 aliphatic heterocycles. The second-order valence-electron chi connectivity index (χ2n) is 5.13. The molecule has 120 valence electrons. The molecule has 2 heterocycles. The van der Waals surface area contributed by atoms with Gasteiger partial charge in [-0.25, -0.2) is 4.98 Å². The number of hydrogen-bond acceptors (Lipinski definition) is 7. The zero-order valence-electron chi connectivity index (χ0n) is 13.2. The highest BCUT2D eigenvalue weighted by Gasteiger charge is 2.11. The van der Waals surface area contributed by atoms with E-state index in [9.17, 15) is 4.79 Å². The van der Waals surface area contributed by atoms with E-state index in [-0.39, 0.29) is 5.91 Å². The summed E-state index contributed by atoms with van der Waals surface area (Å²) < 4.78 is 0. The van der Waals surface area contributed by atoms with Gasteiger partial charge in [0.15, 0.2) is 0 Å². The zero-order valence-corrected chi connectivity index (χ0v) is 14.8. The van der Waals surface area contributed by atoms with Gasteiger partial charge in [0.2, 0.25) is 11.0 Å². The van der Waals surface area contributed by atoms with Crippen LogP contribution in [-0.2, 0) is 4.79 Å². The first-order chi connectivity index (χ1) is 11.0. The Labute approximate surface area is 143 Å². The number of anilines is 1. The maximum absolute atomic E-state index is 11.9. The van der Waals surface area contributed by atoms with Gasteiger partial charge < -0.3 is 5.32 Å². The Kier molecular flexibility index (Phi) is 6.07. The van der Waals surface area contributed by atoms with Crippen molar-refractivity contribution in [1.29, 1.82) is 5.26 Å². The average Bonchev–Trinajstić information content (AvgIpc) is 2.92. The van der Waals surface area contributed by atoms with Crippen molar-refractivity contribution in [3.8, 4) is 6.07 Å². The number of rotatable bonds is 6. The number of pyridine rings is 1. The van der Waals surface area contributed by atoms with Crippen LogP contribution in [0.3, 0.4) is 0 Å². The number of carbonyl (C=O) groups excluding carboxylic acids is 1. The minimum Gasteiger partial charge on any atom is -0.301 e. The molecule has 0 atom stereocenters. The number of nitrogens with one attached hydrogen (secondary N) is 1. The molecule has 1 amide bonds. The summed E-state index contributed by atoms with van der Waals surface area (Å²) in [5.41, 5.74) is 1.49. The summed E-state index contributed by atoms with van der Waals surface area (Å²) in [5, 5.41) is 21.6. The number of aromatic nitrogens is 3. The molecule has 23 heavy (non-hydrogen) atoms. The van der Waals surface area contributed by atoms with Crippen LogP contribution < -0.4 is 5.32 Å². The average molecular weight is 347 g/mol. The molecule has 8 heteroatoms. The molecule has 2 aromatic rings. The van der Waals surface area contributed by atoms with Gasteiger partial charge in [0.05, 0.1) is 5.56 Å². The van der Waals surface area contributed by atoms with Crippen molar-refractivity contribution in [3.63, 3.8) is 0 Å². The Morgan fingerprint density at radius 1 is 1.43 bits per heavy atom. The highest BCUT2D eigenvalue weighted by Crippen LogP contribution is 2.24. The Morgan fingerprint density at radius 3 is 2.83 bits per heavy atom. The number of carbonyl (C=O) groups is 1. The fourth-order valence-electron chi connectivity index (χ4n) is 1.74. The van der Waals surface area contributed by atoms with Gasteiger partial charge in [0.25, 0.3) is 0 Å². The second-order valence-corrected chi connectivity index (χ2v) is 7.39. The number of aryl methyl sites for hydroxylation is 1. The summed E-state index contributed by atoms with van der Waals surface area (Å²) in [6.07, 6.45) is 0.321. The van der Waals surface area contributed by atoms with Gasteiger partial charge in [-0.2, -0.15) is 5.26 Å². The third kappa shape index (κ3) is 5.01. The molecule has 0 aliphatic carbocycles. The van der Waals surface area contributed by atoms with Crippen LogP contribution in [0.2, 0.25) is 0 Å². The van der Waals surface area contributed by atoms with E-state index < -0.39 is 0 Å². The van der Waals surface area contributed by atoms with Crippen LogP contribution >= 0.6 is 23.1 Å². The predicted octanol–water partition coefficient (Wildman–Crippen LogP) is 3.36. The summed E-state index contributed by atoms with van der Waals surface area (Å²) in [5.74, 6) is 0.727. The van der Waals surface area contributed by atoms with Gasteiger partial charge in [-0.05, 0) is 25.0 Å². The largest absolute Gasteiger partial charge is 0.301 e. The van der Waals surface area contributed by atoms with Crippen molar-refractivity contribution in [3.05, 3.63) is 28.4 Å². The van der Waals surface area contributed by atoms with Crippen molar-refractivity contribution < 1.29 is 4.79 Å². The zero-order chi connectivity index (χ0) is 16.8. The molecule has 0 saturated carbocycles. The quantitative estimate of drug-likeness (QED) is 0.806. The number of nitriles is 1. The molecule has 0 spiro atoms. The third-order valence-corrected chi connectivity index (χ3v) is 4.68. The van der Waals surface area contributed by atoms with E-state index >= 15 is 0 Å². The van der Waals surface area contributed by atoms with Gasteiger partial charge in [-0.1, -0.05) is 25.2 Å². The number of amides is 1. The molecule has 1 N–H and O–H groups in total. The van der Waals surface area contributed by atoms with Crippen LogP contribution in [0, 0.1) is 18.3 Å². The smallest absolute Gasteiger partial charge is 0.227 e. The highest BCUT2D eigenvalue weighted by atomic mass is 32.2. The van der Waals surface area contributed by atoms with Crippen molar-refractivity contribution in [2.24, 2.45) is 0 Å². The topological polar surface area (TPSA) is 91.6 Å². The van der Waals surface area contributed by atoms with Crippen molar-refractivity contribution in [1.82, 2.24) is 15.2 Å². The minimum atomic E-state index is -0.118. The molecule has 2 rings (SSSR count). The van der Waals surface area contributed by atoms with Gasteiger partial charge >= 0.3 is 0 Å². The van der Waals surface area contributed by atoms with Crippen molar-refractivity contribution >= 4 is 34.1 Å². The van der Waals surface area contributed by atoms with Gasteiger partial charge in [-0.3, -0.25) is 4.79 Å². The van der Waals surface area contributed by atoms with Gasteiger partial charge in [-0.15, -0.1) is 22.0 Å². The number of thioether (sulfide) groups is 1. The monoisotopic (exact) mass is 347 g/mol. The summed E-state index contributed by atoms with van der Waals surface area (Å²) in [6, 6.07) is 5.80. The Morgan fingerprint density at radius 2 is 2.22 bits per heavy atom. The summed E-state index contributed by atoms with van der Waals surface area (Å²) in [6.45, 7) is 5.95. The maximum atomic E-state index is 11.9. The van der Waals surface area contributed by atoms with E-state index in [1.54, 1.807) is 6.07 Å². The van der Waals surface area contributed by atoms with E-state index in [1.807, 2.05) is 13.0 Å². The van der Waals surface area contributed by atoms with E-state index in [0.717, 1.165) is 10.7 Å². The first-order valence-electron chi connectivity index (χ1n) is 7.13. The van der Waals surface area contributed by atoms with Crippen LogP contribution in [-0.4, -0.2) is 26.8 Å². The molecule has 0 saturated heterocycles. The van der Waals surface area contributed by atoms with Gasteiger partial charge in [0.1, 0.15) is 16.1 Å². The van der Waals surface area contributed by atoms with E-state index in [2.05, 4.69) is 40.4 Å². The molecule has 0 aromatic carbocycles. The van der Waals surface area contributed by atoms with Crippen LogP contribution in [0.1, 0.15) is 42.5 Å². The summed E-state index contributed by atoms with van der Waals surface area (Å²) in [7, 11) is 0. The lowest BCUT2D eigenvalue weighted by atomic mass is 10.1. The second kappa shape index (κ2) is 8.04. The Bertz CT molecular complexity index is 736. The van der Waals surface area contributed by atoms with Crippen LogP contribution in [0.4, 0.5) is 5.13 Å². The molecule has 0 aliphatic rings.